The molecule has 0 amide bonds. The normalized spacial score (nSPS) is 10.6. The standard InChI is InChI=1S/C13H18ClNO2/c1-10(2)15(6-7-17-3)13-5-4-12(14)8-11(13)9-16/h4-5,8-10H,6-7H2,1-3H3. The molecule has 0 bridgehead atoms. The van der Waals surface area contributed by atoms with Gasteiger partial charge in [-0.25, -0.2) is 0 Å². The number of rotatable bonds is 6. The van der Waals surface area contributed by atoms with Gasteiger partial charge in [-0.2, -0.15) is 0 Å². The lowest BCUT2D eigenvalue weighted by Gasteiger charge is -2.29. The van der Waals surface area contributed by atoms with E-state index in [0.717, 1.165) is 18.5 Å². The Hall–Kier alpha value is -1.06. The number of halogens is 1. The Labute approximate surface area is 107 Å². The van der Waals surface area contributed by atoms with Crippen LogP contribution < -0.4 is 4.90 Å². The first kappa shape index (κ1) is 14.0. The molecule has 0 radical (unpaired) electrons. The van der Waals surface area contributed by atoms with Crippen LogP contribution in [0.4, 0.5) is 5.69 Å². The molecule has 0 saturated carbocycles. The van der Waals surface area contributed by atoms with E-state index in [2.05, 4.69) is 18.7 Å². The topological polar surface area (TPSA) is 29.5 Å². The molecule has 3 nitrogen and oxygen atoms in total. The molecular weight excluding hydrogens is 238 g/mol. The molecule has 0 aliphatic rings. The van der Waals surface area contributed by atoms with Crippen molar-refractivity contribution in [1.29, 1.82) is 0 Å². The van der Waals surface area contributed by atoms with Crippen LogP contribution in [0.1, 0.15) is 24.2 Å². The second-order valence-corrected chi connectivity index (χ2v) is 4.54. The average Bonchev–Trinajstić information content (AvgIpc) is 2.30. The zero-order valence-electron chi connectivity index (χ0n) is 10.4. The first-order valence-corrected chi connectivity index (χ1v) is 5.98. The van der Waals surface area contributed by atoms with Gasteiger partial charge in [-0.1, -0.05) is 11.6 Å². The van der Waals surface area contributed by atoms with Gasteiger partial charge in [-0.3, -0.25) is 4.79 Å². The fourth-order valence-electron chi connectivity index (χ4n) is 1.73. The first-order chi connectivity index (χ1) is 8.10. The highest BCUT2D eigenvalue weighted by Gasteiger charge is 2.14. The molecule has 17 heavy (non-hydrogen) atoms. The number of hydrogen-bond donors (Lipinski definition) is 0. The lowest BCUT2D eigenvalue weighted by atomic mass is 10.1. The summed E-state index contributed by atoms with van der Waals surface area (Å²) in [7, 11) is 1.67. The summed E-state index contributed by atoms with van der Waals surface area (Å²) in [5.74, 6) is 0. The highest BCUT2D eigenvalue weighted by Crippen LogP contribution is 2.24. The highest BCUT2D eigenvalue weighted by molar-refractivity contribution is 6.31. The summed E-state index contributed by atoms with van der Waals surface area (Å²) in [6, 6.07) is 5.66. The van der Waals surface area contributed by atoms with Crippen LogP contribution in [0.5, 0.6) is 0 Å². The predicted molar refractivity (Wildman–Crippen MR) is 71.2 cm³/mol. The molecule has 0 saturated heterocycles. The molecule has 0 aliphatic heterocycles. The summed E-state index contributed by atoms with van der Waals surface area (Å²) in [5.41, 5.74) is 1.51. The number of aldehydes is 1. The number of carbonyl (C=O) groups is 1. The molecule has 94 valence electrons. The van der Waals surface area contributed by atoms with E-state index in [4.69, 9.17) is 16.3 Å². The molecule has 0 N–H and O–H groups in total. The number of hydrogen-bond acceptors (Lipinski definition) is 3. The van der Waals surface area contributed by atoms with Crippen molar-refractivity contribution in [2.24, 2.45) is 0 Å². The van der Waals surface area contributed by atoms with E-state index < -0.39 is 0 Å². The Bertz CT molecular complexity index is 380. The minimum atomic E-state index is 0.296. The second kappa shape index (κ2) is 6.62. The van der Waals surface area contributed by atoms with Crippen LogP contribution in [-0.2, 0) is 4.74 Å². The summed E-state index contributed by atoms with van der Waals surface area (Å²) < 4.78 is 5.09. The van der Waals surface area contributed by atoms with Crippen molar-refractivity contribution < 1.29 is 9.53 Å². The van der Waals surface area contributed by atoms with Gasteiger partial charge < -0.3 is 9.64 Å². The highest BCUT2D eigenvalue weighted by atomic mass is 35.5. The number of nitrogens with zero attached hydrogens (tertiary/aromatic N) is 1. The minimum Gasteiger partial charge on any atom is -0.383 e. The zero-order valence-corrected chi connectivity index (χ0v) is 11.2. The smallest absolute Gasteiger partial charge is 0.152 e. The fraction of sp³-hybridized carbons (Fsp3) is 0.462. The second-order valence-electron chi connectivity index (χ2n) is 4.10. The third kappa shape index (κ3) is 3.72. The molecule has 1 aromatic carbocycles. The van der Waals surface area contributed by atoms with Crippen LogP contribution in [0.25, 0.3) is 0 Å². The van der Waals surface area contributed by atoms with Crippen molar-refractivity contribution in [3.8, 4) is 0 Å². The maximum Gasteiger partial charge on any atom is 0.152 e. The van der Waals surface area contributed by atoms with Crippen LogP contribution in [0, 0.1) is 0 Å². The number of carbonyl (C=O) groups excluding carboxylic acids is 1. The Morgan fingerprint density at radius 3 is 2.71 bits per heavy atom. The van der Waals surface area contributed by atoms with Crippen molar-refractivity contribution in [1.82, 2.24) is 0 Å². The average molecular weight is 256 g/mol. The lowest BCUT2D eigenvalue weighted by molar-refractivity contribution is 0.112. The molecule has 1 rings (SSSR count). The fourth-order valence-corrected chi connectivity index (χ4v) is 1.91. The molecule has 0 atom stereocenters. The number of benzene rings is 1. The quantitative estimate of drug-likeness (QED) is 0.732. The van der Waals surface area contributed by atoms with Gasteiger partial charge in [0.05, 0.1) is 6.61 Å². The van der Waals surface area contributed by atoms with E-state index in [1.807, 2.05) is 6.07 Å². The molecule has 4 heteroatoms. The molecule has 0 spiro atoms. The summed E-state index contributed by atoms with van der Waals surface area (Å²) in [5, 5.41) is 0.575. The van der Waals surface area contributed by atoms with Crippen molar-refractivity contribution in [3.63, 3.8) is 0 Å². The third-order valence-corrected chi connectivity index (χ3v) is 2.82. The van der Waals surface area contributed by atoms with Gasteiger partial charge in [0.1, 0.15) is 0 Å². The number of methoxy groups -OCH3 is 1. The summed E-state index contributed by atoms with van der Waals surface area (Å²) in [4.78, 5) is 13.2. The van der Waals surface area contributed by atoms with Crippen molar-refractivity contribution in [2.45, 2.75) is 19.9 Å². The Morgan fingerprint density at radius 2 is 2.18 bits per heavy atom. The van der Waals surface area contributed by atoms with E-state index in [0.29, 0.717) is 23.2 Å². The van der Waals surface area contributed by atoms with Crippen LogP contribution >= 0.6 is 11.6 Å². The third-order valence-electron chi connectivity index (χ3n) is 2.59. The van der Waals surface area contributed by atoms with Crippen molar-refractivity contribution in [3.05, 3.63) is 28.8 Å². The molecule has 0 fully saturated rings. The van der Waals surface area contributed by atoms with E-state index in [-0.39, 0.29) is 0 Å². The number of anilines is 1. The molecule has 0 aromatic heterocycles. The molecule has 0 unspecified atom stereocenters. The van der Waals surface area contributed by atoms with Gasteiger partial charge in [-0.15, -0.1) is 0 Å². The molecular formula is C13H18ClNO2. The minimum absolute atomic E-state index is 0.296. The van der Waals surface area contributed by atoms with Crippen LogP contribution in [0.2, 0.25) is 5.02 Å². The Kier molecular flexibility index (Phi) is 5.45. The maximum atomic E-state index is 11.1. The summed E-state index contributed by atoms with van der Waals surface area (Å²) >= 11 is 5.88. The Balaban J connectivity index is 3.04. The maximum absolute atomic E-state index is 11.1. The molecule has 0 heterocycles. The van der Waals surface area contributed by atoms with Crippen LogP contribution in [-0.4, -0.2) is 32.6 Å². The van der Waals surface area contributed by atoms with E-state index in [1.165, 1.54) is 0 Å². The largest absolute Gasteiger partial charge is 0.383 e. The van der Waals surface area contributed by atoms with Crippen LogP contribution in [0.15, 0.2) is 18.2 Å². The molecule has 0 aliphatic carbocycles. The monoisotopic (exact) mass is 255 g/mol. The van der Waals surface area contributed by atoms with Gasteiger partial charge in [0.25, 0.3) is 0 Å². The van der Waals surface area contributed by atoms with Gasteiger partial charge >= 0.3 is 0 Å². The SMILES string of the molecule is COCCN(c1ccc(Cl)cc1C=O)C(C)C. The summed E-state index contributed by atoms with van der Waals surface area (Å²) in [6.07, 6.45) is 0.837. The van der Waals surface area contributed by atoms with Crippen molar-refractivity contribution >= 4 is 23.6 Å². The predicted octanol–water partition coefficient (Wildman–Crippen LogP) is 3.01. The lowest BCUT2D eigenvalue weighted by Crippen LogP contribution is -2.34. The van der Waals surface area contributed by atoms with Gasteiger partial charge in [0.15, 0.2) is 6.29 Å². The van der Waals surface area contributed by atoms with Gasteiger partial charge in [0.2, 0.25) is 0 Å². The summed E-state index contributed by atoms with van der Waals surface area (Å²) in [6.45, 7) is 5.54. The van der Waals surface area contributed by atoms with Gasteiger partial charge in [-0.05, 0) is 32.0 Å². The van der Waals surface area contributed by atoms with E-state index in [9.17, 15) is 4.79 Å². The Morgan fingerprint density at radius 1 is 1.47 bits per heavy atom. The van der Waals surface area contributed by atoms with Gasteiger partial charge in [0, 0.05) is 36.0 Å². The molecule has 1 aromatic rings. The first-order valence-electron chi connectivity index (χ1n) is 5.60. The van der Waals surface area contributed by atoms with E-state index in [1.54, 1.807) is 19.2 Å². The van der Waals surface area contributed by atoms with E-state index >= 15 is 0 Å². The zero-order chi connectivity index (χ0) is 12.8. The van der Waals surface area contributed by atoms with Crippen LogP contribution in [0.3, 0.4) is 0 Å². The number of ether oxygens (including phenoxy) is 1. The van der Waals surface area contributed by atoms with Crippen molar-refractivity contribution in [2.75, 3.05) is 25.2 Å².